The van der Waals surface area contributed by atoms with Crippen molar-refractivity contribution in [3.63, 3.8) is 0 Å². The number of furan rings is 1. The molecule has 0 N–H and O–H groups in total. The number of carbonyl (C=O) groups excluding carboxylic acids is 1. The summed E-state index contributed by atoms with van der Waals surface area (Å²) in [5.74, 6) is 1.68. The van der Waals surface area contributed by atoms with Crippen LogP contribution < -0.4 is 0 Å². The summed E-state index contributed by atoms with van der Waals surface area (Å²) in [6, 6.07) is 13.7. The Kier molecular flexibility index (Phi) is 3.22. The third-order valence-corrected chi connectivity index (χ3v) is 3.55. The van der Waals surface area contributed by atoms with Gasteiger partial charge in [0.15, 0.2) is 5.76 Å². The van der Waals surface area contributed by atoms with Gasteiger partial charge in [-0.05, 0) is 30.0 Å². The monoisotopic (exact) mass is 256 g/mol. The van der Waals surface area contributed by atoms with Crippen LogP contribution in [0.15, 0.2) is 46.9 Å². The number of hydrogen-bond acceptors (Lipinski definition) is 3. The van der Waals surface area contributed by atoms with Gasteiger partial charge >= 0.3 is 0 Å². The van der Waals surface area contributed by atoms with Crippen LogP contribution in [0.25, 0.3) is 0 Å². The molecule has 3 nitrogen and oxygen atoms in total. The van der Waals surface area contributed by atoms with Crippen molar-refractivity contribution < 1.29 is 13.9 Å². The quantitative estimate of drug-likeness (QED) is 0.769. The molecule has 3 heteroatoms. The summed E-state index contributed by atoms with van der Waals surface area (Å²) in [5.41, 5.74) is 1.24. The molecular formula is C16H16O3. The van der Waals surface area contributed by atoms with E-state index in [1.807, 2.05) is 18.2 Å². The number of rotatable bonds is 5. The summed E-state index contributed by atoms with van der Waals surface area (Å²) in [6.45, 7) is 0.403. The van der Waals surface area contributed by atoms with Crippen LogP contribution in [-0.2, 0) is 11.3 Å². The third kappa shape index (κ3) is 2.47. The first-order valence-electron chi connectivity index (χ1n) is 6.46. The summed E-state index contributed by atoms with van der Waals surface area (Å²) in [7, 11) is 1.61. The Morgan fingerprint density at radius 3 is 2.79 bits per heavy atom. The molecule has 0 bridgehead atoms. The summed E-state index contributed by atoms with van der Waals surface area (Å²) in [6.07, 6.45) is 0.920. The van der Waals surface area contributed by atoms with Gasteiger partial charge in [0.05, 0.1) is 0 Å². The zero-order valence-corrected chi connectivity index (χ0v) is 10.8. The fourth-order valence-electron chi connectivity index (χ4n) is 2.47. The van der Waals surface area contributed by atoms with Gasteiger partial charge in [-0.15, -0.1) is 0 Å². The molecule has 1 aliphatic rings. The van der Waals surface area contributed by atoms with E-state index in [2.05, 4.69) is 12.1 Å². The van der Waals surface area contributed by atoms with Gasteiger partial charge in [0.2, 0.25) is 5.78 Å². The Bertz CT molecular complexity index is 571. The first kappa shape index (κ1) is 12.2. The summed E-state index contributed by atoms with van der Waals surface area (Å²) in [5, 5.41) is 0. The minimum atomic E-state index is 0.0731. The molecule has 2 aromatic rings. The Balaban J connectivity index is 1.69. The number of ketones is 1. The first-order valence-corrected chi connectivity index (χ1v) is 6.46. The molecule has 1 fully saturated rings. The molecule has 0 radical (unpaired) electrons. The van der Waals surface area contributed by atoms with Crippen molar-refractivity contribution >= 4 is 5.78 Å². The fourth-order valence-corrected chi connectivity index (χ4v) is 2.47. The highest BCUT2D eigenvalue weighted by Crippen LogP contribution is 2.49. The van der Waals surface area contributed by atoms with Gasteiger partial charge in [0, 0.05) is 13.0 Å². The van der Waals surface area contributed by atoms with Gasteiger partial charge < -0.3 is 9.15 Å². The standard InChI is InChI=1S/C16H16O3/c1-18-10-12-7-8-15(19-12)16(17)14-9-13(14)11-5-3-2-4-6-11/h2-8,13-14H,9-10H2,1H3. The summed E-state index contributed by atoms with van der Waals surface area (Å²) in [4.78, 5) is 12.3. The predicted molar refractivity (Wildman–Crippen MR) is 71.0 cm³/mol. The van der Waals surface area contributed by atoms with E-state index in [1.54, 1.807) is 19.2 Å². The molecule has 0 amide bonds. The molecule has 19 heavy (non-hydrogen) atoms. The number of methoxy groups -OCH3 is 1. The van der Waals surface area contributed by atoms with E-state index in [1.165, 1.54) is 5.56 Å². The molecule has 98 valence electrons. The van der Waals surface area contributed by atoms with Crippen molar-refractivity contribution in [2.24, 2.45) is 5.92 Å². The van der Waals surface area contributed by atoms with Gasteiger partial charge in [-0.3, -0.25) is 4.79 Å². The topological polar surface area (TPSA) is 39.4 Å². The van der Waals surface area contributed by atoms with Crippen molar-refractivity contribution in [2.45, 2.75) is 18.9 Å². The number of ether oxygens (including phenoxy) is 1. The number of Topliss-reactive ketones (excluding diaryl/α,β-unsaturated/α-hetero) is 1. The van der Waals surface area contributed by atoms with Crippen LogP contribution in [0.1, 0.15) is 34.2 Å². The second kappa shape index (κ2) is 5.02. The maximum Gasteiger partial charge on any atom is 0.201 e. The molecule has 2 unspecified atom stereocenters. The predicted octanol–water partition coefficient (Wildman–Crippen LogP) is 3.41. The molecule has 0 spiro atoms. The van der Waals surface area contributed by atoms with Crippen molar-refractivity contribution in [3.8, 4) is 0 Å². The van der Waals surface area contributed by atoms with E-state index in [0.717, 1.165) is 6.42 Å². The lowest BCUT2D eigenvalue weighted by Crippen LogP contribution is -2.01. The maximum atomic E-state index is 12.3. The third-order valence-electron chi connectivity index (χ3n) is 3.55. The van der Waals surface area contributed by atoms with E-state index < -0.39 is 0 Å². The highest BCUT2D eigenvalue weighted by Gasteiger charge is 2.44. The SMILES string of the molecule is COCc1ccc(C(=O)C2CC2c2ccccc2)o1. The molecule has 2 atom stereocenters. The average Bonchev–Trinajstić information content (AvgIpc) is 3.12. The molecule has 1 heterocycles. The second-order valence-electron chi connectivity index (χ2n) is 4.92. The normalized spacial score (nSPS) is 21.3. The summed E-state index contributed by atoms with van der Waals surface area (Å²) >= 11 is 0. The van der Waals surface area contributed by atoms with Gasteiger partial charge in [-0.25, -0.2) is 0 Å². The zero-order chi connectivity index (χ0) is 13.2. The van der Waals surface area contributed by atoms with Crippen LogP contribution in [0, 0.1) is 5.92 Å². The number of benzene rings is 1. The molecule has 1 aromatic heterocycles. The lowest BCUT2D eigenvalue weighted by molar-refractivity contribution is 0.0929. The molecule has 1 aliphatic carbocycles. The van der Waals surface area contributed by atoms with Crippen molar-refractivity contribution in [1.29, 1.82) is 0 Å². The van der Waals surface area contributed by atoms with Crippen LogP contribution in [0.3, 0.4) is 0 Å². The Labute approximate surface area is 112 Å². The van der Waals surface area contributed by atoms with Gasteiger partial charge in [-0.2, -0.15) is 0 Å². The van der Waals surface area contributed by atoms with Gasteiger partial charge in [-0.1, -0.05) is 30.3 Å². The van der Waals surface area contributed by atoms with E-state index in [0.29, 0.717) is 24.0 Å². The zero-order valence-electron chi connectivity index (χ0n) is 10.8. The lowest BCUT2D eigenvalue weighted by atomic mass is 10.1. The van der Waals surface area contributed by atoms with Gasteiger partial charge in [0.25, 0.3) is 0 Å². The van der Waals surface area contributed by atoms with E-state index in [9.17, 15) is 4.79 Å². The lowest BCUT2D eigenvalue weighted by Gasteiger charge is -1.99. The molecule has 1 aromatic carbocycles. The van der Waals surface area contributed by atoms with E-state index in [-0.39, 0.29) is 11.7 Å². The highest BCUT2D eigenvalue weighted by molar-refractivity contribution is 5.98. The highest BCUT2D eigenvalue weighted by atomic mass is 16.5. The minimum absolute atomic E-state index is 0.0731. The van der Waals surface area contributed by atoms with E-state index >= 15 is 0 Å². The van der Waals surface area contributed by atoms with Crippen LogP contribution >= 0.6 is 0 Å². The van der Waals surface area contributed by atoms with Crippen molar-refractivity contribution in [2.75, 3.05) is 7.11 Å². The Morgan fingerprint density at radius 2 is 2.05 bits per heavy atom. The number of hydrogen-bond donors (Lipinski definition) is 0. The smallest absolute Gasteiger partial charge is 0.201 e. The maximum absolute atomic E-state index is 12.3. The van der Waals surface area contributed by atoms with Crippen molar-refractivity contribution in [3.05, 3.63) is 59.5 Å². The largest absolute Gasteiger partial charge is 0.456 e. The van der Waals surface area contributed by atoms with Crippen LogP contribution in [0.4, 0.5) is 0 Å². The van der Waals surface area contributed by atoms with Crippen LogP contribution in [0.5, 0.6) is 0 Å². The van der Waals surface area contributed by atoms with E-state index in [4.69, 9.17) is 9.15 Å². The summed E-state index contributed by atoms with van der Waals surface area (Å²) < 4.78 is 10.5. The van der Waals surface area contributed by atoms with Crippen LogP contribution in [-0.4, -0.2) is 12.9 Å². The van der Waals surface area contributed by atoms with Crippen LogP contribution in [0.2, 0.25) is 0 Å². The molecule has 3 rings (SSSR count). The fraction of sp³-hybridized carbons (Fsp3) is 0.312. The van der Waals surface area contributed by atoms with Crippen molar-refractivity contribution in [1.82, 2.24) is 0 Å². The second-order valence-corrected chi connectivity index (χ2v) is 4.92. The van der Waals surface area contributed by atoms with Gasteiger partial charge in [0.1, 0.15) is 12.4 Å². The molecule has 0 saturated heterocycles. The first-order chi connectivity index (χ1) is 9.29. The average molecular weight is 256 g/mol. The Morgan fingerprint density at radius 1 is 1.26 bits per heavy atom. The molecule has 1 saturated carbocycles. The molecule has 0 aliphatic heterocycles. The Hall–Kier alpha value is -1.87. The number of carbonyl (C=O) groups is 1. The minimum Gasteiger partial charge on any atom is -0.456 e. The molecular weight excluding hydrogens is 240 g/mol.